The number of hydrogen-bond acceptors (Lipinski definition) is 2. The van der Waals surface area contributed by atoms with Gasteiger partial charge in [-0.1, -0.05) is 71.3 Å². The molecule has 0 unspecified atom stereocenters. The van der Waals surface area contributed by atoms with Crippen LogP contribution in [-0.2, 0) is 0 Å². The van der Waals surface area contributed by atoms with Crippen molar-refractivity contribution in [1.82, 2.24) is 0 Å². The van der Waals surface area contributed by atoms with Gasteiger partial charge in [-0.2, -0.15) is 0 Å². The van der Waals surface area contributed by atoms with E-state index in [0.29, 0.717) is 12.7 Å². The lowest BCUT2D eigenvalue weighted by Gasteiger charge is -2.18. The van der Waals surface area contributed by atoms with Crippen molar-refractivity contribution in [2.24, 2.45) is 0 Å². The Morgan fingerprint density at radius 3 is 2.09 bits per heavy atom. The first-order valence-electron chi connectivity index (χ1n) is 9.24. The third-order valence-corrected chi connectivity index (χ3v) is 4.68. The Balaban J connectivity index is 1.92. The molecule has 0 atom stereocenters. The SMILES string of the molecule is CCCCCCC(CCCCCC)c1ccc2c(c1)OCO2. The molecule has 0 saturated carbocycles. The summed E-state index contributed by atoms with van der Waals surface area (Å²) >= 11 is 0. The second kappa shape index (κ2) is 9.76. The van der Waals surface area contributed by atoms with Crippen LogP contribution < -0.4 is 9.47 Å². The summed E-state index contributed by atoms with van der Waals surface area (Å²) in [5.41, 5.74) is 1.44. The molecule has 0 saturated heterocycles. The predicted octanol–water partition coefficient (Wildman–Crippen LogP) is 6.44. The zero-order chi connectivity index (χ0) is 15.6. The quantitative estimate of drug-likeness (QED) is 0.438. The van der Waals surface area contributed by atoms with Crippen LogP contribution in [0.15, 0.2) is 18.2 Å². The maximum atomic E-state index is 5.55. The fourth-order valence-corrected chi connectivity index (χ4v) is 3.28. The standard InChI is InChI=1S/C20H32O2/c1-3-5-7-9-11-17(12-10-8-6-4-2)18-13-14-19-20(15-18)22-16-21-19/h13-15,17H,3-12,16H2,1-2H3. The molecule has 0 spiro atoms. The number of rotatable bonds is 11. The van der Waals surface area contributed by atoms with E-state index in [-0.39, 0.29) is 0 Å². The normalized spacial score (nSPS) is 13.0. The van der Waals surface area contributed by atoms with E-state index in [2.05, 4.69) is 32.0 Å². The molecule has 0 aliphatic carbocycles. The zero-order valence-electron chi connectivity index (χ0n) is 14.4. The molecule has 2 rings (SSSR count). The molecule has 1 heterocycles. The lowest BCUT2D eigenvalue weighted by atomic mass is 9.88. The summed E-state index contributed by atoms with van der Waals surface area (Å²) in [5, 5.41) is 0. The summed E-state index contributed by atoms with van der Waals surface area (Å²) < 4.78 is 11.0. The first kappa shape index (κ1) is 17.2. The fourth-order valence-electron chi connectivity index (χ4n) is 3.28. The first-order valence-corrected chi connectivity index (χ1v) is 9.24. The van der Waals surface area contributed by atoms with E-state index in [1.807, 2.05) is 0 Å². The minimum Gasteiger partial charge on any atom is -0.454 e. The van der Waals surface area contributed by atoms with Crippen molar-refractivity contribution < 1.29 is 9.47 Å². The van der Waals surface area contributed by atoms with Crippen molar-refractivity contribution in [1.29, 1.82) is 0 Å². The van der Waals surface area contributed by atoms with Crippen LogP contribution in [-0.4, -0.2) is 6.79 Å². The summed E-state index contributed by atoms with van der Waals surface area (Å²) in [4.78, 5) is 0. The largest absolute Gasteiger partial charge is 0.454 e. The Labute approximate surface area is 136 Å². The molecule has 0 fully saturated rings. The van der Waals surface area contributed by atoms with E-state index in [1.54, 1.807) is 0 Å². The van der Waals surface area contributed by atoms with E-state index in [4.69, 9.17) is 9.47 Å². The molecule has 0 bridgehead atoms. The molecule has 1 aromatic rings. The highest BCUT2D eigenvalue weighted by atomic mass is 16.7. The zero-order valence-corrected chi connectivity index (χ0v) is 14.4. The van der Waals surface area contributed by atoms with Crippen LogP contribution in [0.4, 0.5) is 0 Å². The van der Waals surface area contributed by atoms with Gasteiger partial charge in [-0.05, 0) is 36.5 Å². The monoisotopic (exact) mass is 304 g/mol. The second-order valence-corrected chi connectivity index (χ2v) is 6.51. The molecule has 1 aliphatic heterocycles. The molecule has 0 amide bonds. The van der Waals surface area contributed by atoms with E-state index < -0.39 is 0 Å². The van der Waals surface area contributed by atoms with Gasteiger partial charge in [-0.25, -0.2) is 0 Å². The molecule has 1 aromatic carbocycles. The average Bonchev–Trinajstić information content (AvgIpc) is 3.01. The van der Waals surface area contributed by atoms with Crippen LogP contribution in [0, 0.1) is 0 Å². The highest BCUT2D eigenvalue weighted by Crippen LogP contribution is 2.37. The van der Waals surface area contributed by atoms with Crippen LogP contribution in [0.2, 0.25) is 0 Å². The molecule has 2 nitrogen and oxygen atoms in total. The highest BCUT2D eigenvalue weighted by molar-refractivity contribution is 5.45. The van der Waals surface area contributed by atoms with Gasteiger partial charge in [0.15, 0.2) is 11.5 Å². The van der Waals surface area contributed by atoms with Gasteiger partial charge in [0.25, 0.3) is 0 Å². The smallest absolute Gasteiger partial charge is 0.231 e. The van der Waals surface area contributed by atoms with Gasteiger partial charge in [0.2, 0.25) is 6.79 Å². The molecule has 2 heteroatoms. The number of hydrogen-bond donors (Lipinski definition) is 0. The van der Waals surface area contributed by atoms with Crippen molar-refractivity contribution in [3.8, 4) is 11.5 Å². The predicted molar refractivity (Wildman–Crippen MR) is 92.8 cm³/mol. The van der Waals surface area contributed by atoms with E-state index in [0.717, 1.165) is 11.5 Å². The Morgan fingerprint density at radius 2 is 1.45 bits per heavy atom. The van der Waals surface area contributed by atoms with Crippen molar-refractivity contribution >= 4 is 0 Å². The van der Waals surface area contributed by atoms with Gasteiger partial charge in [0.1, 0.15) is 0 Å². The topological polar surface area (TPSA) is 18.5 Å². The van der Waals surface area contributed by atoms with Crippen molar-refractivity contribution in [3.63, 3.8) is 0 Å². The summed E-state index contributed by atoms with van der Waals surface area (Å²) in [6.07, 6.45) is 13.4. The van der Waals surface area contributed by atoms with Gasteiger partial charge in [0.05, 0.1) is 0 Å². The first-order chi connectivity index (χ1) is 10.8. The third kappa shape index (κ3) is 5.23. The van der Waals surface area contributed by atoms with Crippen LogP contribution >= 0.6 is 0 Å². The molecule has 124 valence electrons. The van der Waals surface area contributed by atoms with Gasteiger partial charge >= 0.3 is 0 Å². The van der Waals surface area contributed by atoms with Crippen molar-refractivity contribution in [3.05, 3.63) is 23.8 Å². The van der Waals surface area contributed by atoms with E-state index >= 15 is 0 Å². The Kier molecular flexibility index (Phi) is 7.62. The van der Waals surface area contributed by atoms with Gasteiger partial charge in [-0.15, -0.1) is 0 Å². The molecular weight excluding hydrogens is 272 g/mol. The van der Waals surface area contributed by atoms with Gasteiger partial charge in [-0.3, -0.25) is 0 Å². The van der Waals surface area contributed by atoms with Crippen molar-refractivity contribution in [2.45, 2.75) is 84.0 Å². The fraction of sp³-hybridized carbons (Fsp3) is 0.700. The summed E-state index contributed by atoms with van der Waals surface area (Å²) in [5.74, 6) is 2.52. The minimum atomic E-state index is 0.371. The Bertz CT molecular complexity index is 416. The summed E-state index contributed by atoms with van der Waals surface area (Å²) in [6.45, 7) is 4.93. The van der Waals surface area contributed by atoms with Gasteiger partial charge in [0, 0.05) is 0 Å². The minimum absolute atomic E-state index is 0.371. The van der Waals surface area contributed by atoms with Crippen LogP contribution in [0.1, 0.15) is 89.5 Å². The van der Waals surface area contributed by atoms with Crippen LogP contribution in [0.25, 0.3) is 0 Å². The number of benzene rings is 1. The molecule has 22 heavy (non-hydrogen) atoms. The summed E-state index contributed by atoms with van der Waals surface area (Å²) in [6, 6.07) is 6.55. The number of fused-ring (bicyclic) bond motifs is 1. The van der Waals surface area contributed by atoms with Gasteiger partial charge < -0.3 is 9.47 Å². The Morgan fingerprint density at radius 1 is 0.818 bits per heavy atom. The second-order valence-electron chi connectivity index (χ2n) is 6.51. The molecule has 0 radical (unpaired) electrons. The van der Waals surface area contributed by atoms with E-state index in [9.17, 15) is 0 Å². The maximum Gasteiger partial charge on any atom is 0.231 e. The lowest BCUT2D eigenvalue weighted by Crippen LogP contribution is -2.00. The maximum absolute atomic E-state index is 5.55. The highest BCUT2D eigenvalue weighted by Gasteiger charge is 2.17. The number of ether oxygens (including phenoxy) is 2. The Hall–Kier alpha value is -1.18. The molecule has 1 aliphatic rings. The summed E-state index contributed by atoms with van der Waals surface area (Å²) in [7, 11) is 0. The van der Waals surface area contributed by atoms with Crippen molar-refractivity contribution in [2.75, 3.05) is 6.79 Å². The molecule has 0 N–H and O–H groups in total. The lowest BCUT2D eigenvalue weighted by molar-refractivity contribution is 0.174. The molecular formula is C20H32O2. The van der Waals surface area contributed by atoms with Crippen LogP contribution in [0.5, 0.6) is 11.5 Å². The molecule has 0 aromatic heterocycles. The third-order valence-electron chi connectivity index (χ3n) is 4.68. The van der Waals surface area contributed by atoms with E-state index in [1.165, 1.54) is 69.8 Å². The average molecular weight is 304 g/mol. The number of unbranched alkanes of at least 4 members (excludes halogenated alkanes) is 6. The van der Waals surface area contributed by atoms with Crippen LogP contribution in [0.3, 0.4) is 0 Å².